The summed E-state index contributed by atoms with van der Waals surface area (Å²) in [5, 5.41) is 0. The fourth-order valence-corrected chi connectivity index (χ4v) is 1.78. The van der Waals surface area contributed by atoms with Gasteiger partial charge in [0.15, 0.2) is 0 Å². The van der Waals surface area contributed by atoms with Crippen molar-refractivity contribution in [3.8, 4) is 11.5 Å². The summed E-state index contributed by atoms with van der Waals surface area (Å²) < 4.78 is 10.3. The maximum Gasteiger partial charge on any atom is 0.341 e. The number of hydrogen-bond acceptors (Lipinski definition) is 5. The molecule has 0 heterocycles. The summed E-state index contributed by atoms with van der Waals surface area (Å²) in [6, 6.07) is 11.0. The van der Waals surface area contributed by atoms with Crippen molar-refractivity contribution in [3.05, 3.63) is 53.6 Å². The molecule has 108 valence electrons. The third-order valence-electron chi connectivity index (χ3n) is 2.78. The molecule has 2 rings (SSSR count). The first-order chi connectivity index (χ1) is 10.0. The van der Waals surface area contributed by atoms with Gasteiger partial charge >= 0.3 is 5.97 Å². The second kappa shape index (κ2) is 5.96. The maximum atomic E-state index is 11.7. The van der Waals surface area contributed by atoms with Crippen LogP contribution in [0.1, 0.15) is 20.7 Å². The van der Waals surface area contributed by atoms with Crippen molar-refractivity contribution in [2.75, 3.05) is 12.8 Å². The van der Waals surface area contributed by atoms with E-state index in [2.05, 4.69) is 4.74 Å². The number of esters is 1. The largest absolute Gasteiger partial charge is 0.465 e. The third-order valence-corrected chi connectivity index (χ3v) is 2.78. The van der Waals surface area contributed by atoms with E-state index in [4.69, 9.17) is 16.2 Å². The average molecular weight is 286 g/mol. The summed E-state index contributed by atoms with van der Waals surface area (Å²) in [7, 11) is 1.26. The van der Waals surface area contributed by atoms with E-state index in [-0.39, 0.29) is 22.6 Å². The van der Waals surface area contributed by atoms with Crippen molar-refractivity contribution in [1.29, 1.82) is 0 Å². The second-order valence-corrected chi connectivity index (χ2v) is 4.21. The Kier molecular flexibility index (Phi) is 4.08. The van der Waals surface area contributed by atoms with Gasteiger partial charge in [-0.05, 0) is 30.3 Å². The standard InChI is InChI=1S/C15H14N2O4/c1-20-15(19)11-8-9(16)6-7-13(11)21-12-5-3-2-4-10(12)14(17)18/h2-8H,16H2,1H3,(H2,17,18). The first-order valence-electron chi connectivity index (χ1n) is 6.07. The van der Waals surface area contributed by atoms with Gasteiger partial charge < -0.3 is 20.9 Å². The third kappa shape index (κ3) is 3.11. The van der Waals surface area contributed by atoms with Crippen LogP contribution in [0.4, 0.5) is 5.69 Å². The number of benzene rings is 2. The van der Waals surface area contributed by atoms with Gasteiger partial charge in [0.2, 0.25) is 0 Å². The molecule has 4 N–H and O–H groups in total. The van der Waals surface area contributed by atoms with Crippen LogP contribution in [0.15, 0.2) is 42.5 Å². The lowest BCUT2D eigenvalue weighted by molar-refractivity contribution is 0.0598. The van der Waals surface area contributed by atoms with E-state index >= 15 is 0 Å². The molecule has 0 aliphatic heterocycles. The van der Waals surface area contributed by atoms with Crippen LogP contribution in [-0.4, -0.2) is 19.0 Å². The molecule has 0 fully saturated rings. The average Bonchev–Trinajstić information content (AvgIpc) is 2.48. The van der Waals surface area contributed by atoms with Crippen LogP contribution in [0.2, 0.25) is 0 Å². The second-order valence-electron chi connectivity index (χ2n) is 4.21. The molecule has 2 aromatic carbocycles. The SMILES string of the molecule is COC(=O)c1cc(N)ccc1Oc1ccccc1C(N)=O. The molecule has 0 aliphatic carbocycles. The van der Waals surface area contributed by atoms with E-state index in [0.29, 0.717) is 5.69 Å². The molecular formula is C15H14N2O4. The van der Waals surface area contributed by atoms with Crippen LogP contribution in [0.3, 0.4) is 0 Å². The smallest absolute Gasteiger partial charge is 0.341 e. The molecule has 0 aromatic heterocycles. The van der Waals surface area contributed by atoms with Crippen molar-refractivity contribution in [3.63, 3.8) is 0 Å². The molecule has 0 atom stereocenters. The minimum atomic E-state index is -0.624. The number of rotatable bonds is 4. The fraction of sp³-hybridized carbons (Fsp3) is 0.0667. The van der Waals surface area contributed by atoms with E-state index in [9.17, 15) is 9.59 Å². The molecule has 2 aromatic rings. The molecule has 0 saturated heterocycles. The number of primary amides is 1. The van der Waals surface area contributed by atoms with Crippen molar-refractivity contribution in [2.24, 2.45) is 5.73 Å². The summed E-state index contributed by atoms with van der Waals surface area (Å²) in [5.41, 5.74) is 11.7. The monoisotopic (exact) mass is 286 g/mol. The molecule has 0 unspecified atom stereocenters. The molecule has 0 radical (unpaired) electrons. The summed E-state index contributed by atoms with van der Waals surface area (Å²) in [5.74, 6) is -0.737. The van der Waals surface area contributed by atoms with Crippen molar-refractivity contribution in [1.82, 2.24) is 0 Å². The van der Waals surface area contributed by atoms with Crippen molar-refractivity contribution < 1.29 is 19.1 Å². The van der Waals surface area contributed by atoms with Crippen molar-refractivity contribution >= 4 is 17.6 Å². The highest BCUT2D eigenvalue weighted by atomic mass is 16.5. The molecule has 21 heavy (non-hydrogen) atoms. The van der Waals surface area contributed by atoms with E-state index in [1.807, 2.05) is 0 Å². The Morgan fingerprint density at radius 3 is 2.33 bits per heavy atom. The number of amides is 1. The highest BCUT2D eigenvalue weighted by Gasteiger charge is 2.16. The minimum Gasteiger partial charge on any atom is -0.465 e. The highest BCUT2D eigenvalue weighted by molar-refractivity contribution is 5.96. The zero-order valence-corrected chi connectivity index (χ0v) is 11.3. The predicted molar refractivity (Wildman–Crippen MR) is 77.2 cm³/mol. The molecule has 6 nitrogen and oxygen atoms in total. The molecule has 0 spiro atoms. The van der Waals surface area contributed by atoms with Crippen LogP contribution >= 0.6 is 0 Å². The number of anilines is 1. The Morgan fingerprint density at radius 1 is 1.00 bits per heavy atom. The van der Waals surface area contributed by atoms with Gasteiger partial charge in [0.1, 0.15) is 17.1 Å². The van der Waals surface area contributed by atoms with Gasteiger partial charge in [-0.25, -0.2) is 4.79 Å². The van der Waals surface area contributed by atoms with Gasteiger partial charge in [-0.1, -0.05) is 12.1 Å². The van der Waals surface area contributed by atoms with Gasteiger partial charge in [0.05, 0.1) is 12.7 Å². The normalized spacial score (nSPS) is 9.95. The Balaban J connectivity index is 2.45. The first kappa shape index (κ1) is 14.4. The zero-order chi connectivity index (χ0) is 15.4. The van der Waals surface area contributed by atoms with E-state index in [1.54, 1.807) is 24.3 Å². The molecular weight excluding hydrogens is 272 g/mol. The fourth-order valence-electron chi connectivity index (χ4n) is 1.78. The molecule has 0 bridgehead atoms. The Morgan fingerprint density at radius 2 is 1.67 bits per heavy atom. The van der Waals surface area contributed by atoms with Gasteiger partial charge in [-0.3, -0.25) is 4.79 Å². The van der Waals surface area contributed by atoms with Gasteiger partial charge in [-0.15, -0.1) is 0 Å². The lowest BCUT2D eigenvalue weighted by Gasteiger charge is -2.12. The summed E-state index contributed by atoms with van der Waals surface area (Å²) in [6.45, 7) is 0. The van der Waals surface area contributed by atoms with Crippen LogP contribution in [-0.2, 0) is 4.74 Å². The summed E-state index contributed by atoms with van der Waals surface area (Å²) in [6.07, 6.45) is 0. The number of carbonyl (C=O) groups excluding carboxylic acids is 2. The Hall–Kier alpha value is -3.02. The lowest BCUT2D eigenvalue weighted by Crippen LogP contribution is -2.12. The first-order valence-corrected chi connectivity index (χ1v) is 6.07. The topological polar surface area (TPSA) is 105 Å². The highest BCUT2D eigenvalue weighted by Crippen LogP contribution is 2.29. The Bertz CT molecular complexity index is 698. The molecule has 1 amide bonds. The van der Waals surface area contributed by atoms with Crippen LogP contribution in [0.5, 0.6) is 11.5 Å². The van der Waals surface area contributed by atoms with Gasteiger partial charge in [-0.2, -0.15) is 0 Å². The van der Waals surface area contributed by atoms with E-state index < -0.39 is 11.9 Å². The van der Waals surface area contributed by atoms with Gasteiger partial charge in [0, 0.05) is 5.69 Å². The number of nitrogens with two attached hydrogens (primary N) is 2. The van der Waals surface area contributed by atoms with Gasteiger partial charge in [0.25, 0.3) is 5.91 Å². The van der Waals surface area contributed by atoms with Crippen LogP contribution in [0.25, 0.3) is 0 Å². The van der Waals surface area contributed by atoms with E-state index in [0.717, 1.165) is 0 Å². The van der Waals surface area contributed by atoms with Crippen LogP contribution < -0.4 is 16.2 Å². The number of carbonyl (C=O) groups is 2. The Labute approximate surface area is 121 Å². The minimum absolute atomic E-state index is 0.164. The predicted octanol–water partition coefficient (Wildman–Crippen LogP) is 1.95. The summed E-state index contributed by atoms with van der Waals surface area (Å²) in [4.78, 5) is 23.1. The molecule has 0 aliphatic rings. The zero-order valence-electron chi connectivity index (χ0n) is 11.3. The quantitative estimate of drug-likeness (QED) is 0.660. The maximum absolute atomic E-state index is 11.7. The summed E-state index contributed by atoms with van der Waals surface area (Å²) >= 11 is 0. The number of nitrogen functional groups attached to an aromatic ring is 1. The number of para-hydroxylation sites is 1. The van der Waals surface area contributed by atoms with Crippen molar-refractivity contribution in [2.45, 2.75) is 0 Å². The molecule has 0 saturated carbocycles. The van der Waals surface area contributed by atoms with Crippen LogP contribution in [0, 0.1) is 0 Å². The van der Waals surface area contributed by atoms with E-state index in [1.165, 1.54) is 25.3 Å². The number of methoxy groups -OCH3 is 1. The molecule has 6 heteroatoms. The lowest BCUT2D eigenvalue weighted by atomic mass is 10.1. The number of hydrogen-bond donors (Lipinski definition) is 2. The number of ether oxygens (including phenoxy) is 2.